The Balaban J connectivity index is 2.22. The number of aryl methyl sites for hydroxylation is 1. The van der Waals surface area contributed by atoms with Crippen LogP contribution in [0.5, 0.6) is 17.5 Å². The summed E-state index contributed by atoms with van der Waals surface area (Å²) >= 11 is 0. The van der Waals surface area contributed by atoms with Crippen molar-refractivity contribution in [1.82, 2.24) is 4.98 Å². The number of methoxy groups -OCH3 is 1. The first-order valence-corrected chi connectivity index (χ1v) is 5.24. The standard InChI is InChI=1S/C13H14N2O2/c1-9-8-10(6-7-11(9)14)17-13-5-3-4-12(15-13)16-2/h3-8H,14H2,1-2H3. The highest BCUT2D eigenvalue weighted by molar-refractivity contribution is 5.50. The third-order valence-corrected chi connectivity index (χ3v) is 2.37. The van der Waals surface area contributed by atoms with Crippen LogP contribution < -0.4 is 15.2 Å². The summed E-state index contributed by atoms with van der Waals surface area (Å²) in [6.07, 6.45) is 0. The molecule has 0 fully saturated rings. The van der Waals surface area contributed by atoms with Gasteiger partial charge in [-0.2, -0.15) is 4.98 Å². The second kappa shape index (κ2) is 4.74. The maximum absolute atomic E-state index is 5.74. The van der Waals surface area contributed by atoms with E-state index >= 15 is 0 Å². The molecule has 4 nitrogen and oxygen atoms in total. The molecule has 2 N–H and O–H groups in total. The number of aromatic nitrogens is 1. The topological polar surface area (TPSA) is 57.4 Å². The summed E-state index contributed by atoms with van der Waals surface area (Å²) in [5, 5.41) is 0. The zero-order valence-electron chi connectivity index (χ0n) is 9.81. The summed E-state index contributed by atoms with van der Waals surface area (Å²) in [4.78, 5) is 4.16. The van der Waals surface area contributed by atoms with Crippen molar-refractivity contribution in [3.8, 4) is 17.5 Å². The lowest BCUT2D eigenvalue weighted by Gasteiger charge is -2.07. The number of anilines is 1. The van der Waals surface area contributed by atoms with Gasteiger partial charge >= 0.3 is 0 Å². The Labute approximate surface area is 100 Å². The fraction of sp³-hybridized carbons (Fsp3) is 0.154. The molecule has 0 aliphatic heterocycles. The summed E-state index contributed by atoms with van der Waals surface area (Å²) < 4.78 is 10.6. The molecule has 0 aliphatic rings. The summed E-state index contributed by atoms with van der Waals surface area (Å²) in [5.41, 5.74) is 7.46. The van der Waals surface area contributed by atoms with Gasteiger partial charge in [0.05, 0.1) is 7.11 Å². The van der Waals surface area contributed by atoms with Gasteiger partial charge < -0.3 is 15.2 Å². The lowest BCUT2D eigenvalue weighted by atomic mass is 10.2. The monoisotopic (exact) mass is 230 g/mol. The van der Waals surface area contributed by atoms with E-state index in [0.717, 1.165) is 11.3 Å². The lowest BCUT2D eigenvalue weighted by molar-refractivity contribution is 0.383. The van der Waals surface area contributed by atoms with Gasteiger partial charge in [0.1, 0.15) is 5.75 Å². The van der Waals surface area contributed by atoms with Crippen LogP contribution in [0.3, 0.4) is 0 Å². The van der Waals surface area contributed by atoms with Gasteiger partial charge in [-0.1, -0.05) is 6.07 Å². The van der Waals surface area contributed by atoms with E-state index in [1.165, 1.54) is 0 Å². The molecule has 88 valence electrons. The molecule has 4 heteroatoms. The molecule has 0 amide bonds. The van der Waals surface area contributed by atoms with Crippen molar-refractivity contribution in [3.05, 3.63) is 42.0 Å². The Hall–Kier alpha value is -2.23. The number of rotatable bonds is 3. The highest BCUT2D eigenvalue weighted by Gasteiger charge is 2.02. The smallest absolute Gasteiger partial charge is 0.222 e. The lowest BCUT2D eigenvalue weighted by Crippen LogP contribution is -1.93. The van der Waals surface area contributed by atoms with Gasteiger partial charge in [-0.3, -0.25) is 0 Å². The number of nitrogens with zero attached hydrogens (tertiary/aromatic N) is 1. The van der Waals surface area contributed by atoms with E-state index in [1.807, 2.05) is 31.2 Å². The fourth-order valence-electron chi connectivity index (χ4n) is 1.40. The van der Waals surface area contributed by atoms with Crippen molar-refractivity contribution in [3.63, 3.8) is 0 Å². The predicted molar refractivity (Wildman–Crippen MR) is 66.5 cm³/mol. The Morgan fingerprint density at radius 2 is 1.88 bits per heavy atom. The molecule has 0 radical (unpaired) electrons. The molecular formula is C13H14N2O2. The molecule has 0 saturated heterocycles. The Kier molecular flexibility index (Phi) is 3.14. The molecule has 0 bridgehead atoms. The Bertz CT molecular complexity index is 527. The largest absolute Gasteiger partial charge is 0.481 e. The van der Waals surface area contributed by atoms with Crippen molar-refractivity contribution in [1.29, 1.82) is 0 Å². The molecule has 0 unspecified atom stereocenters. The van der Waals surface area contributed by atoms with Crippen molar-refractivity contribution in [2.75, 3.05) is 12.8 Å². The second-order valence-corrected chi connectivity index (χ2v) is 3.64. The maximum Gasteiger partial charge on any atom is 0.222 e. The van der Waals surface area contributed by atoms with Crippen LogP contribution in [-0.2, 0) is 0 Å². The second-order valence-electron chi connectivity index (χ2n) is 3.64. The molecule has 2 aromatic rings. The molecule has 17 heavy (non-hydrogen) atoms. The van der Waals surface area contributed by atoms with Crippen molar-refractivity contribution < 1.29 is 9.47 Å². The number of pyridine rings is 1. The van der Waals surface area contributed by atoms with Crippen LogP contribution in [0.25, 0.3) is 0 Å². The van der Waals surface area contributed by atoms with Gasteiger partial charge in [-0.15, -0.1) is 0 Å². The van der Waals surface area contributed by atoms with Gasteiger partial charge in [0, 0.05) is 17.8 Å². The predicted octanol–water partition coefficient (Wildman–Crippen LogP) is 2.77. The molecule has 0 saturated carbocycles. The minimum absolute atomic E-state index is 0.494. The van der Waals surface area contributed by atoms with Crippen molar-refractivity contribution in [2.24, 2.45) is 0 Å². The maximum atomic E-state index is 5.74. The first kappa shape index (κ1) is 11.3. The third kappa shape index (κ3) is 2.66. The van der Waals surface area contributed by atoms with Crippen LogP contribution in [-0.4, -0.2) is 12.1 Å². The van der Waals surface area contributed by atoms with Crippen LogP contribution in [0, 0.1) is 6.92 Å². The summed E-state index contributed by atoms with van der Waals surface area (Å²) in [7, 11) is 1.57. The summed E-state index contributed by atoms with van der Waals surface area (Å²) in [5.74, 6) is 1.72. The molecule has 0 atom stereocenters. The first-order chi connectivity index (χ1) is 8.19. The number of ether oxygens (including phenoxy) is 2. The van der Waals surface area contributed by atoms with E-state index in [9.17, 15) is 0 Å². The zero-order valence-corrected chi connectivity index (χ0v) is 9.81. The molecular weight excluding hydrogens is 216 g/mol. The highest BCUT2D eigenvalue weighted by Crippen LogP contribution is 2.24. The first-order valence-electron chi connectivity index (χ1n) is 5.24. The third-order valence-electron chi connectivity index (χ3n) is 2.37. The van der Waals surface area contributed by atoms with Crippen LogP contribution >= 0.6 is 0 Å². The van der Waals surface area contributed by atoms with E-state index in [1.54, 1.807) is 19.2 Å². The van der Waals surface area contributed by atoms with Crippen LogP contribution in [0.1, 0.15) is 5.56 Å². The Morgan fingerprint density at radius 3 is 2.59 bits per heavy atom. The molecule has 1 aromatic carbocycles. The minimum Gasteiger partial charge on any atom is -0.481 e. The number of hydrogen-bond donors (Lipinski definition) is 1. The van der Waals surface area contributed by atoms with Gasteiger partial charge in [0.25, 0.3) is 0 Å². The number of nitrogen functional groups attached to an aromatic ring is 1. The normalized spacial score (nSPS) is 10.0. The van der Waals surface area contributed by atoms with Crippen LogP contribution in [0.4, 0.5) is 5.69 Å². The quantitative estimate of drug-likeness (QED) is 0.824. The average molecular weight is 230 g/mol. The minimum atomic E-state index is 0.494. The Morgan fingerprint density at radius 1 is 1.12 bits per heavy atom. The van der Waals surface area contributed by atoms with Crippen LogP contribution in [0.15, 0.2) is 36.4 Å². The zero-order chi connectivity index (χ0) is 12.3. The molecule has 1 aromatic heterocycles. The average Bonchev–Trinajstić information content (AvgIpc) is 2.34. The molecule has 1 heterocycles. The van der Waals surface area contributed by atoms with Crippen LogP contribution in [0.2, 0.25) is 0 Å². The summed E-state index contributed by atoms with van der Waals surface area (Å²) in [6, 6.07) is 10.9. The molecule has 0 aliphatic carbocycles. The summed E-state index contributed by atoms with van der Waals surface area (Å²) in [6.45, 7) is 1.93. The number of nitrogens with two attached hydrogens (primary N) is 1. The van der Waals surface area contributed by atoms with Crippen molar-refractivity contribution >= 4 is 5.69 Å². The van der Waals surface area contributed by atoms with Gasteiger partial charge in [-0.25, -0.2) is 0 Å². The van der Waals surface area contributed by atoms with Gasteiger partial charge in [0.2, 0.25) is 11.8 Å². The number of benzene rings is 1. The van der Waals surface area contributed by atoms with E-state index < -0.39 is 0 Å². The van der Waals surface area contributed by atoms with E-state index in [-0.39, 0.29) is 0 Å². The SMILES string of the molecule is COc1cccc(Oc2ccc(N)c(C)c2)n1. The molecule has 2 rings (SSSR count). The van der Waals surface area contributed by atoms with E-state index in [0.29, 0.717) is 17.5 Å². The van der Waals surface area contributed by atoms with E-state index in [4.69, 9.17) is 15.2 Å². The highest BCUT2D eigenvalue weighted by atomic mass is 16.5. The van der Waals surface area contributed by atoms with Gasteiger partial charge in [0.15, 0.2) is 0 Å². The number of hydrogen-bond acceptors (Lipinski definition) is 4. The molecule has 0 spiro atoms. The fourth-order valence-corrected chi connectivity index (χ4v) is 1.40. The van der Waals surface area contributed by atoms with E-state index in [2.05, 4.69) is 4.98 Å². The van der Waals surface area contributed by atoms with Gasteiger partial charge in [-0.05, 0) is 30.7 Å². The van der Waals surface area contributed by atoms with Crippen molar-refractivity contribution in [2.45, 2.75) is 6.92 Å².